The van der Waals surface area contributed by atoms with E-state index in [1.54, 1.807) is 7.11 Å². The standard InChI is InChI=1S/C14H23NO2/c1-11(2)14(7-8-16)15-10-12-5-4-6-13(9-12)17-3/h4-6,9,11,14-16H,7-8,10H2,1-3H3. The van der Waals surface area contributed by atoms with Gasteiger partial charge in [-0.2, -0.15) is 0 Å². The van der Waals surface area contributed by atoms with E-state index in [0.717, 1.165) is 18.7 Å². The molecule has 0 aliphatic heterocycles. The summed E-state index contributed by atoms with van der Waals surface area (Å²) in [6.45, 7) is 5.37. The van der Waals surface area contributed by atoms with Gasteiger partial charge in [0.25, 0.3) is 0 Å². The van der Waals surface area contributed by atoms with Crippen molar-refractivity contribution < 1.29 is 9.84 Å². The van der Waals surface area contributed by atoms with Crippen molar-refractivity contribution in [3.05, 3.63) is 29.8 Å². The number of hydrogen-bond acceptors (Lipinski definition) is 3. The van der Waals surface area contributed by atoms with Crippen LogP contribution in [0, 0.1) is 5.92 Å². The van der Waals surface area contributed by atoms with Crippen LogP contribution in [0.25, 0.3) is 0 Å². The highest BCUT2D eigenvalue weighted by Crippen LogP contribution is 2.13. The van der Waals surface area contributed by atoms with Crippen molar-refractivity contribution in [3.63, 3.8) is 0 Å². The zero-order chi connectivity index (χ0) is 12.7. The van der Waals surface area contributed by atoms with Gasteiger partial charge in [0.15, 0.2) is 0 Å². The molecular formula is C14H23NO2. The number of benzene rings is 1. The van der Waals surface area contributed by atoms with Crippen LogP contribution in [0.3, 0.4) is 0 Å². The lowest BCUT2D eigenvalue weighted by Gasteiger charge is -2.21. The highest BCUT2D eigenvalue weighted by molar-refractivity contribution is 5.28. The van der Waals surface area contributed by atoms with Crippen molar-refractivity contribution in [2.45, 2.75) is 32.9 Å². The lowest BCUT2D eigenvalue weighted by atomic mass is 10.0. The predicted octanol–water partition coefficient (Wildman–Crippen LogP) is 2.19. The molecular weight excluding hydrogens is 214 g/mol. The lowest BCUT2D eigenvalue weighted by Crippen LogP contribution is -2.34. The van der Waals surface area contributed by atoms with Gasteiger partial charge in [-0.1, -0.05) is 26.0 Å². The Labute approximate surface area is 104 Å². The maximum atomic E-state index is 9.00. The molecule has 0 bridgehead atoms. The van der Waals surface area contributed by atoms with Crippen LogP contribution in [-0.4, -0.2) is 24.9 Å². The van der Waals surface area contributed by atoms with Crippen molar-refractivity contribution in [2.24, 2.45) is 5.92 Å². The van der Waals surface area contributed by atoms with Gasteiger partial charge < -0.3 is 15.2 Å². The molecule has 0 amide bonds. The minimum Gasteiger partial charge on any atom is -0.497 e. The van der Waals surface area contributed by atoms with Crippen LogP contribution in [0.2, 0.25) is 0 Å². The Bertz CT molecular complexity index is 326. The summed E-state index contributed by atoms with van der Waals surface area (Å²) in [5, 5.41) is 12.5. The third-order valence-electron chi connectivity index (χ3n) is 2.95. The molecule has 2 N–H and O–H groups in total. The molecule has 1 aromatic rings. The Morgan fingerprint density at radius 3 is 2.71 bits per heavy atom. The third kappa shape index (κ3) is 4.75. The van der Waals surface area contributed by atoms with Crippen molar-refractivity contribution in [3.8, 4) is 5.75 Å². The third-order valence-corrected chi connectivity index (χ3v) is 2.95. The van der Waals surface area contributed by atoms with Gasteiger partial charge in [0, 0.05) is 19.2 Å². The molecule has 0 saturated carbocycles. The topological polar surface area (TPSA) is 41.5 Å². The van der Waals surface area contributed by atoms with E-state index in [2.05, 4.69) is 25.2 Å². The van der Waals surface area contributed by atoms with E-state index >= 15 is 0 Å². The number of methoxy groups -OCH3 is 1. The Balaban J connectivity index is 2.52. The summed E-state index contributed by atoms with van der Waals surface area (Å²) in [5.74, 6) is 1.40. The highest BCUT2D eigenvalue weighted by atomic mass is 16.5. The first-order valence-electron chi connectivity index (χ1n) is 6.14. The highest BCUT2D eigenvalue weighted by Gasteiger charge is 2.11. The summed E-state index contributed by atoms with van der Waals surface area (Å²) < 4.78 is 5.19. The van der Waals surface area contributed by atoms with Gasteiger partial charge in [0.2, 0.25) is 0 Å². The van der Waals surface area contributed by atoms with Gasteiger partial charge in [0.05, 0.1) is 7.11 Å². The first-order chi connectivity index (χ1) is 8.17. The monoisotopic (exact) mass is 237 g/mol. The molecule has 0 saturated heterocycles. The molecule has 1 aromatic carbocycles. The van der Waals surface area contributed by atoms with Gasteiger partial charge in [-0.25, -0.2) is 0 Å². The summed E-state index contributed by atoms with van der Waals surface area (Å²) in [7, 11) is 1.68. The minimum atomic E-state index is 0.230. The zero-order valence-electron chi connectivity index (χ0n) is 10.9. The van der Waals surface area contributed by atoms with Crippen LogP contribution < -0.4 is 10.1 Å². The van der Waals surface area contributed by atoms with Crippen LogP contribution in [0.1, 0.15) is 25.8 Å². The summed E-state index contributed by atoms with van der Waals surface area (Å²) in [5.41, 5.74) is 1.20. The molecule has 0 aliphatic rings. The molecule has 0 fully saturated rings. The molecule has 3 heteroatoms. The van der Waals surface area contributed by atoms with Gasteiger partial charge in [-0.15, -0.1) is 0 Å². The number of hydrogen-bond donors (Lipinski definition) is 2. The second kappa shape index (κ2) is 7.30. The molecule has 1 atom stereocenters. The normalized spacial score (nSPS) is 12.8. The molecule has 17 heavy (non-hydrogen) atoms. The Kier molecular flexibility index (Phi) is 6.01. The number of nitrogens with one attached hydrogen (secondary N) is 1. The van der Waals surface area contributed by atoms with E-state index in [0.29, 0.717) is 12.0 Å². The molecule has 96 valence electrons. The second-order valence-corrected chi connectivity index (χ2v) is 4.60. The summed E-state index contributed by atoms with van der Waals surface area (Å²) >= 11 is 0. The first kappa shape index (κ1) is 14.0. The number of ether oxygens (including phenoxy) is 1. The quantitative estimate of drug-likeness (QED) is 0.764. The summed E-state index contributed by atoms with van der Waals surface area (Å²) in [6.07, 6.45) is 0.793. The maximum absolute atomic E-state index is 9.00. The first-order valence-corrected chi connectivity index (χ1v) is 6.14. The molecule has 0 radical (unpaired) electrons. The van der Waals surface area contributed by atoms with E-state index in [1.807, 2.05) is 18.2 Å². The fourth-order valence-electron chi connectivity index (χ4n) is 1.84. The van der Waals surface area contributed by atoms with Gasteiger partial charge in [0.1, 0.15) is 5.75 Å². The predicted molar refractivity (Wildman–Crippen MR) is 70.2 cm³/mol. The van der Waals surface area contributed by atoms with E-state index in [-0.39, 0.29) is 6.61 Å². The van der Waals surface area contributed by atoms with Crippen molar-refractivity contribution in [1.82, 2.24) is 5.32 Å². The average molecular weight is 237 g/mol. The summed E-state index contributed by atoms with van der Waals surface area (Å²) in [6, 6.07) is 8.39. The zero-order valence-corrected chi connectivity index (χ0v) is 10.9. The number of aliphatic hydroxyl groups excluding tert-OH is 1. The van der Waals surface area contributed by atoms with E-state index < -0.39 is 0 Å². The minimum absolute atomic E-state index is 0.230. The van der Waals surface area contributed by atoms with Crippen LogP contribution in [0.4, 0.5) is 0 Å². The Morgan fingerprint density at radius 2 is 2.12 bits per heavy atom. The van der Waals surface area contributed by atoms with Gasteiger partial charge in [-0.05, 0) is 30.0 Å². The van der Waals surface area contributed by atoms with Crippen molar-refractivity contribution in [1.29, 1.82) is 0 Å². The van der Waals surface area contributed by atoms with Crippen LogP contribution in [0.15, 0.2) is 24.3 Å². The molecule has 3 nitrogen and oxygen atoms in total. The van der Waals surface area contributed by atoms with Gasteiger partial charge in [-0.3, -0.25) is 0 Å². The SMILES string of the molecule is COc1cccc(CNC(CCO)C(C)C)c1. The number of rotatable bonds is 7. The number of aliphatic hydroxyl groups is 1. The molecule has 1 rings (SSSR count). The fourth-order valence-corrected chi connectivity index (χ4v) is 1.84. The van der Waals surface area contributed by atoms with E-state index in [9.17, 15) is 0 Å². The Hall–Kier alpha value is -1.06. The lowest BCUT2D eigenvalue weighted by molar-refractivity contribution is 0.244. The molecule has 0 aliphatic carbocycles. The largest absolute Gasteiger partial charge is 0.497 e. The second-order valence-electron chi connectivity index (χ2n) is 4.60. The molecule has 1 unspecified atom stereocenters. The molecule has 0 spiro atoms. The van der Waals surface area contributed by atoms with Crippen LogP contribution in [-0.2, 0) is 6.54 Å². The van der Waals surface area contributed by atoms with E-state index in [4.69, 9.17) is 9.84 Å². The fraction of sp³-hybridized carbons (Fsp3) is 0.571. The smallest absolute Gasteiger partial charge is 0.119 e. The van der Waals surface area contributed by atoms with Crippen molar-refractivity contribution in [2.75, 3.05) is 13.7 Å². The average Bonchev–Trinajstić information content (AvgIpc) is 2.34. The van der Waals surface area contributed by atoms with Crippen LogP contribution in [0.5, 0.6) is 5.75 Å². The van der Waals surface area contributed by atoms with Crippen molar-refractivity contribution >= 4 is 0 Å². The molecule has 0 heterocycles. The van der Waals surface area contributed by atoms with Gasteiger partial charge >= 0.3 is 0 Å². The summed E-state index contributed by atoms with van der Waals surface area (Å²) in [4.78, 5) is 0. The van der Waals surface area contributed by atoms with Crippen LogP contribution >= 0.6 is 0 Å². The Morgan fingerprint density at radius 1 is 1.35 bits per heavy atom. The maximum Gasteiger partial charge on any atom is 0.119 e. The van der Waals surface area contributed by atoms with E-state index in [1.165, 1.54) is 5.56 Å². The molecule has 0 aromatic heterocycles.